The van der Waals surface area contributed by atoms with Gasteiger partial charge in [0, 0.05) is 27.1 Å². The molecule has 0 saturated heterocycles. The van der Waals surface area contributed by atoms with Crippen LogP contribution >= 0.6 is 23.2 Å². The van der Waals surface area contributed by atoms with Gasteiger partial charge in [-0.25, -0.2) is 4.79 Å². The van der Waals surface area contributed by atoms with Gasteiger partial charge in [-0.2, -0.15) is 0 Å². The van der Waals surface area contributed by atoms with Crippen LogP contribution in [0.1, 0.15) is 24.0 Å². The number of aryl methyl sites for hydroxylation is 1. The third kappa shape index (κ3) is 6.22. The Balaban J connectivity index is 1.48. The zero-order valence-corrected chi connectivity index (χ0v) is 22.6. The molecule has 0 radical (unpaired) electrons. The molecule has 0 unspecified atom stereocenters. The second-order valence-corrected chi connectivity index (χ2v) is 9.46. The summed E-state index contributed by atoms with van der Waals surface area (Å²) in [5, 5.41) is 5.47. The van der Waals surface area contributed by atoms with Crippen molar-refractivity contribution >= 4 is 64.3 Å². The second-order valence-electron chi connectivity index (χ2n) is 8.59. The Morgan fingerprint density at radius 1 is 0.974 bits per heavy atom. The highest BCUT2D eigenvalue weighted by Crippen LogP contribution is 2.35. The molecule has 1 aliphatic heterocycles. The predicted octanol–water partition coefficient (Wildman–Crippen LogP) is 5.03. The van der Waals surface area contributed by atoms with Gasteiger partial charge in [0.25, 0.3) is 5.91 Å². The lowest BCUT2D eigenvalue weighted by molar-refractivity contribution is -0.136. The zero-order chi connectivity index (χ0) is 28.3. The molecule has 3 aromatic rings. The Hall–Kier alpha value is -4.34. The second kappa shape index (κ2) is 11.6. The number of halogens is 2. The molecule has 3 amide bonds. The molecule has 0 spiro atoms. The fourth-order valence-corrected chi connectivity index (χ4v) is 4.48. The number of hydrogen-bond acceptors (Lipinski definition) is 6. The van der Waals surface area contributed by atoms with Crippen molar-refractivity contribution < 1.29 is 28.3 Å². The van der Waals surface area contributed by atoms with E-state index in [4.69, 9.17) is 32.4 Å². The minimum absolute atomic E-state index is 0.101. The number of hydrogen-bond donors (Lipinski definition) is 2. The summed E-state index contributed by atoms with van der Waals surface area (Å²) >= 11 is 11.8. The highest BCUT2D eigenvalue weighted by atomic mass is 35.5. The van der Waals surface area contributed by atoms with E-state index in [0.29, 0.717) is 27.2 Å². The fourth-order valence-electron chi connectivity index (χ4n) is 3.96. The van der Waals surface area contributed by atoms with Crippen LogP contribution in [0, 0.1) is 6.92 Å². The van der Waals surface area contributed by atoms with Crippen LogP contribution in [-0.2, 0) is 30.5 Å². The molecule has 0 atom stereocenters. The fraction of sp³-hybridized carbons (Fsp3) is 0.143. The van der Waals surface area contributed by atoms with Crippen molar-refractivity contribution in [2.45, 2.75) is 20.4 Å². The lowest BCUT2D eigenvalue weighted by atomic mass is 10.1. The number of nitrogens with zero attached hydrogens (tertiary/aromatic N) is 1. The molecule has 11 heteroatoms. The number of methoxy groups -OCH3 is 1. The number of furan rings is 1. The highest BCUT2D eigenvalue weighted by molar-refractivity contribution is 6.40. The van der Waals surface area contributed by atoms with E-state index >= 15 is 0 Å². The number of carbonyl (C=O) groups is 4. The van der Waals surface area contributed by atoms with Gasteiger partial charge in [-0.05, 0) is 62.4 Å². The molecule has 1 aliphatic rings. The quantitative estimate of drug-likeness (QED) is 0.245. The maximum Gasteiger partial charge on any atom is 0.340 e. The summed E-state index contributed by atoms with van der Waals surface area (Å²) < 4.78 is 10.6. The molecular weight excluding hydrogens is 545 g/mol. The number of benzene rings is 2. The molecule has 2 heterocycles. The van der Waals surface area contributed by atoms with E-state index in [1.807, 2.05) is 19.1 Å². The summed E-state index contributed by atoms with van der Waals surface area (Å²) in [4.78, 5) is 51.9. The molecular formula is C28H23Cl2N3O6. The van der Waals surface area contributed by atoms with Crippen molar-refractivity contribution in [3.63, 3.8) is 0 Å². The molecule has 2 aromatic carbocycles. The SMILES string of the molecule is COC(=O)C1=C(C)N(c2ccc(C)cc2)C(=O)/C1=C/c1ccc(CNC(=O)C(=O)Nc2cc(Cl)cc(Cl)c2)o1. The third-order valence-corrected chi connectivity index (χ3v) is 6.24. The minimum Gasteiger partial charge on any atom is -0.465 e. The van der Waals surface area contributed by atoms with Gasteiger partial charge < -0.3 is 19.8 Å². The molecule has 2 N–H and O–H groups in total. The number of carbonyl (C=O) groups excluding carboxylic acids is 4. The first-order valence-electron chi connectivity index (χ1n) is 11.6. The monoisotopic (exact) mass is 567 g/mol. The summed E-state index contributed by atoms with van der Waals surface area (Å²) in [6.07, 6.45) is 1.44. The van der Waals surface area contributed by atoms with Gasteiger partial charge in [0.05, 0.1) is 24.8 Å². The molecule has 39 heavy (non-hydrogen) atoms. The van der Waals surface area contributed by atoms with Crippen LogP contribution in [0.4, 0.5) is 11.4 Å². The first-order chi connectivity index (χ1) is 18.6. The average molecular weight is 568 g/mol. The Labute approximate surface area is 234 Å². The van der Waals surface area contributed by atoms with Crippen molar-refractivity contribution in [2.75, 3.05) is 17.3 Å². The lowest BCUT2D eigenvalue weighted by Gasteiger charge is -2.18. The number of allylic oxidation sites excluding steroid dienone is 1. The van der Waals surface area contributed by atoms with E-state index < -0.39 is 23.7 Å². The summed E-state index contributed by atoms with van der Waals surface area (Å²) in [6.45, 7) is 3.49. The van der Waals surface area contributed by atoms with E-state index in [9.17, 15) is 19.2 Å². The Morgan fingerprint density at radius 3 is 2.28 bits per heavy atom. The van der Waals surface area contributed by atoms with Gasteiger partial charge in [0.1, 0.15) is 11.5 Å². The van der Waals surface area contributed by atoms with Gasteiger partial charge >= 0.3 is 17.8 Å². The van der Waals surface area contributed by atoms with E-state index in [1.165, 1.54) is 36.3 Å². The van der Waals surface area contributed by atoms with Gasteiger partial charge in [0.2, 0.25) is 0 Å². The average Bonchev–Trinajstić information content (AvgIpc) is 3.43. The zero-order valence-electron chi connectivity index (χ0n) is 21.1. The molecule has 200 valence electrons. The lowest BCUT2D eigenvalue weighted by Crippen LogP contribution is -2.34. The van der Waals surface area contributed by atoms with Crippen molar-refractivity contribution in [2.24, 2.45) is 0 Å². The van der Waals surface area contributed by atoms with E-state index in [0.717, 1.165) is 5.56 Å². The number of amides is 3. The largest absolute Gasteiger partial charge is 0.465 e. The smallest absolute Gasteiger partial charge is 0.340 e. The van der Waals surface area contributed by atoms with Gasteiger partial charge in [-0.3, -0.25) is 19.3 Å². The van der Waals surface area contributed by atoms with Crippen LogP contribution in [0.2, 0.25) is 10.0 Å². The summed E-state index contributed by atoms with van der Waals surface area (Å²) in [5.74, 6) is -2.32. The number of rotatable bonds is 6. The minimum atomic E-state index is -0.918. The third-order valence-electron chi connectivity index (χ3n) is 5.80. The van der Waals surface area contributed by atoms with Crippen LogP contribution in [0.5, 0.6) is 0 Å². The number of nitrogens with one attached hydrogen (secondary N) is 2. The predicted molar refractivity (Wildman–Crippen MR) is 147 cm³/mol. The topological polar surface area (TPSA) is 118 Å². The first kappa shape index (κ1) is 27.7. The number of anilines is 2. The molecule has 0 saturated carbocycles. The van der Waals surface area contributed by atoms with Gasteiger partial charge in [-0.1, -0.05) is 40.9 Å². The summed E-state index contributed by atoms with van der Waals surface area (Å²) in [5.41, 5.74) is 2.54. The summed E-state index contributed by atoms with van der Waals surface area (Å²) in [6, 6.07) is 14.9. The Kier molecular flexibility index (Phi) is 8.23. The highest BCUT2D eigenvalue weighted by Gasteiger charge is 2.38. The molecule has 0 fully saturated rings. The van der Waals surface area contributed by atoms with Gasteiger partial charge in [0.15, 0.2) is 0 Å². The molecule has 0 aliphatic carbocycles. The molecule has 1 aromatic heterocycles. The normalized spacial score (nSPS) is 14.1. The maximum absolute atomic E-state index is 13.4. The number of ether oxygens (including phenoxy) is 1. The van der Waals surface area contributed by atoms with Crippen molar-refractivity contribution in [1.82, 2.24) is 5.32 Å². The van der Waals surface area contributed by atoms with Crippen LogP contribution in [0.25, 0.3) is 6.08 Å². The van der Waals surface area contributed by atoms with Crippen molar-refractivity contribution in [1.29, 1.82) is 0 Å². The van der Waals surface area contributed by atoms with Crippen LogP contribution in [-0.4, -0.2) is 30.8 Å². The van der Waals surface area contributed by atoms with Crippen LogP contribution in [0.15, 0.2) is 75.9 Å². The van der Waals surface area contributed by atoms with E-state index in [-0.39, 0.29) is 29.1 Å². The summed E-state index contributed by atoms with van der Waals surface area (Å²) in [7, 11) is 1.24. The van der Waals surface area contributed by atoms with Crippen molar-refractivity contribution in [3.8, 4) is 0 Å². The Morgan fingerprint density at radius 2 is 1.64 bits per heavy atom. The maximum atomic E-state index is 13.4. The molecule has 4 rings (SSSR count). The van der Waals surface area contributed by atoms with Crippen molar-refractivity contribution in [3.05, 3.63) is 98.6 Å². The molecule has 9 nitrogen and oxygen atoms in total. The van der Waals surface area contributed by atoms with Crippen LogP contribution in [0.3, 0.4) is 0 Å². The first-order valence-corrected chi connectivity index (χ1v) is 12.4. The molecule has 0 bridgehead atoms. The number of esters is 1. The standard InChI is InChI=1S/C28H23Cl2N3O6/c1-15-4-6-20(7-5-15)33-16(2)24(28(37)38-3)23(27(33)36)13-21-8-9-22(39-21)14-31-25(34)26(35)32-19-11-17(29)10-18(30)12-19/h4-13H,14H2,1-3H3,(H,31,34)(H,32,35)/b23-13+. The Bertz CT molecular complexity index is 1520. The van der Waals surface area contributed by atoms with E-state index in [1.54, 1.807) is 31.2 Å². The van der Waals surface area contributed by atoms with Gasteiger partial charge in [-0.15, -0.1) is 0 Å². The van der Waals surface area contributed by atoms with E-state index in [2.05, 4.69) is 10.6 Å². The van der Waals surface area contributed by atoms with Crippen LogP contribution < -0.4 is 15.5 Å².